The molecule has 0 N–H and O–H groups in total. The van der Waals surface area contributed by atoms with Crippen LogP contribution in [0, 0.1) is 17.3 Å². The molecule has 0 aliphatic carbocycles. The molecule has 1 heterocycles. The van der Waals surface area contributed by atoms with Crippen LogP contribution in [-0.2, 0) is 0 Å². The van der Waals surface area contributed by atoms with Crippen LogP contribution in [-0.4, -0.2) is 18.6 Å². The van der Waals surface area contributed by atoms with Crippen molar-refractivity contribution in [2.75, 3.05) is 18.5 Å². The Balaban J connectivity index is 2.66. The molecule has 0 aliphatic rings. The molecule has 3 nitrogen and oxygen atoms in total. The van der Waals surface area contributed by atoms with Crippen molar-refractivity contribution in [1.82, 2.24) is 4.98 Å². The first kappa shape index (κ1) is 9.46. The standard InChI is InChI=1S/C9H10FN3/c1-13(6-2-4-11)8-3-5-12-9(10)7-8/h3,5,7H,2,6H2,1H3. The summed E-state index contributed by atoms with van der Waals surface area (Å²) >= 11 is 0. The van der Waals surface area contributed by atoms with Crippen LogP contribution in [0.5, 0.6) is 0 Å². The van der Waals surface area contributed by atoms with Crippen molar-refractivity contribution in [3.05, 3.63) is 24.3 Å². The number of aromatic nitrogens is 1. The zero-order valence-corrected chi connectivity index (χ0v) is 7.37. The molecule has 0 aromatic carbocycles. The Morgan fingerprint density at radius 3 is 3.08 bits per heavy atom. The molecule has 0 fully saturated rings. The zero-order valence-electron chi connectivity index (χ0n) is 7.37. The Hall–Kier alpha value is -1.63. The fourth-order valence-electron chi connectivity index (χ4n) is 0.976. The summed E-state index contributed by atoms with van der Waals surface area (Å²) in [6.07, 6.45) is 1.84. The van der Waals surface area contributed by atoms with Gasteiger partial charge in [0.2, 0.25) is 5.95 Å². The number of nitrogens with zero attached hydrogens (tertiary/aromatic N) is 3. The Kier molecular flexibility index (Phi) is 3.21. The van der Waals surface area contributed by atoms with E-state index in [4.69, 9.17) is 5.26 Å². The number of anilines is 1. The van der Waals surface area contributed by atoms with Crippen molar-refractivity contribution >= 4 is 5.69 Å². The van der Waals surface area contributed by atoms with Gasteiger partial charge in [-0.05, 0) is 6.07 Å². The van der Waals surface area contributed by atoms with Crippen molar-refractivity contribution in [1.29, 1.82) is 5.26 Å². The van der Waals surface area contributed by atoms with Gasteiger partial charge < -0.3 is 4.90 Å². The summed E-state index contributed by atoms with van der Waals surface area (Å²) in [4.78, 5) is 5.26. The second kappa shape index (κ2) is 4.41. The van der Waals surface area contributed by atoms with Gasteiger partial charge in [-0.25, -0.2) is 4.98 Å². The van der Waals surface area contributed by atoms with E-state index < -0.39 is 5.95 Å². The van der Waals surface area contributed by atoms with Crippen molar-refractivity contribution in [2.45, 2.75) is 6.42 Å². The highest BCUT2D eigenvalue weighted by Gasteiger charge is 2.01. The predicted molar refractivity (Wildman–Crippen MR) is 47.7 cm³/mol. The number of hydrogen-bond acceptors (Lipinski definition) is 3. The lowest BCUT2D eigenvalue weighted by Gasteiger charge is -2.16. The van der Waals surface area contributed by atoms with E-state index in [1.54, 1.807) is 6.07 Å². The molecule has 1 rings (SSSR count). The van der Waals surface area contributed by atoms with Crippen LogP contribution in [0.1, 0.15) is 6.42 Å². The molecular formula is C9H10FN3. The van der Waals surface area contributed by atoms with Crippen LogP contribution in [0.25, 0.3) is 0 Å². The van der Waals surface area contributed by atoms with Crippen LogP contribution < -0.4 is 4.90 Å². The Bertz CT molecular complexity index is 319. The van der Waals surface area contributed by atoms with E-state index in [1.807, 2.05) is 18.0 Å². The van der Waals surface area contributed by atoms with Gasteiger partial charge in [-0.2, -0.15) is 9.65 Å². The van der Waals surface area contributed by atoms with Gasteiger partial charge >= 0.3 is 0 Å². The zero-order chi connectivity index (χ0) is 9.68. The smallest absolute Gasteiger partial charge is 0.214 e. The fraction of sp³-hybridized carbons (Fsp3) is 0.333. The minimum absolute atomic E-state index is 0.431. The molecule has 0 aliphatic heterocycles. The van der Waals surface area contributed by atoms with Gasteiger partial charge in [0.1, 0.15) is 0 Å². The number of nitriles is 1. The van der Waals surface area contributed by atoms with E-state index in [0.717, 1.165) is 5.69 Å². The van der Waals surface area contributed by atoms with Gasteiger partial charge in [0.15, 0.2) is 0 Å². The van der Waals surface area contributed by atoms with Gasteiger partial charge in [-0.15, -0.1) is 0 Å². The Morgan fingerprint density at radius 1 is 1.69 bits per heavy atom. The van der Waals surface area contributed by atoms with E-state index in [9.17, 15) is 4.39 Å². The molecule has 0 saturated heterocycles. The summed E-state index contributed by atoms with van der Waals surface area (Å²) in [6.45, 7) is 0.597. The molecule has 0 spiro atoms. The van der Waals surface area contributed by atoms with Crippen LogP contribution in [0.3, 0.4) is 0 Å². The molecule has 13 heavy (non-hydrogen) atoms. The molecule has 0 amide bonds. The van der Waals surface area contributed by atoms with Crippen molar-refractivity contribution < 1.29 is 4.39 Å². The van der Waals surface area contributed by atoms with Crippen LogP contribution in [0.4, 0.5) is 10.1 Å². The number of pyridine rings is 1. The topological polar surface area (TPSA) is 39.9 Å². The average Bonchev–Trinajstić information content (AvgIpc) is 2.14. The molecular weight excluding hydrogens is 169 g/mol. The molecule has 0 atom stereocenters. The maximum absolute atomic E-state index is 12.6. The first-order valence-corrected chi connectivity index (χ1v) is 3.93. The van der Waals surface area contributed by atoms with Crippen LogP contribution in [0.15, 0.2) is 18.3 Å². The normalized spacial score (nSPS) is 9.31. The molecule has 68 valence electrons. The lowest BCUT2D eigenvalue weighted by molar-refractivity contribution is 0.583. The van der Waals surface area contributed by atoms with Gasteiger partial charge in [-0.3, -0.25) is 0 Å². The molecule has 0 unspecified atom stereocenters. The third kappa shape index (κ3) is 2.71. The summed E-state index contributed by atoms with van der Waals surface area (Å²) in [5, 5.41) is 8.35. The highest BCUT2D eigenvalue weighted by Crippen LogP contribution is 2.11. The quantitative estimate of drug-likeness (QED) is 0.661. The summed E-state index contributed by atoms with van der Waals surface area (Å²) in [5.41, 5.74) is 0.739. The first-order valence-electron chi connectivity index (χ1n) is 3.93. The molecule has 0 saturated carbocycles. The third-order valence-electron chi connectivity index (χ3n) is 1.71. The maximum Gasteiger partial charge on any atom is 0.214 e. The lowest BCUT2D eigenvalue weighted by atomic mass is 10.3. The number of rotatable bonds is 3. The van der Waals surface area contributed by atoms with Crippen LogP contribution in [0.2, 0.25) is 0 Å². The summed E-state index contributed by atoms with van der Waals surface area (Å²) in [6, 6.07) is 5.09. The van der Waals surface area contributed by atoms with Gasteiger partial charge in [0, 0.05) is 31.5 Å². The molecule has 4 heteroatoms. The van der Waals surface area contributed by atoms with Crippen molar-refractivity contribution in [3.63, 3.8) is 0 Å². The highest BCUT2D eigenvalue weighted by atomic mass is 19.1. The van der Waals surface area contributed by atoms with Crippen molar-refractivity contribution in [3.8, 4) is 6.07 Å². The second-order valence-corrected chi connectivity index (χ2v) is 2.67. The SMILES string of the molecule is CN(CCC#N)c1ccnc(F)c1. The third-order valence-corrected chi connectivity index (χ3v) is 1.71. The number of halogens is 1. The van der Waals surface area contributed by atoms with Gasteiger partial charge in [0.05, 0.1) is 12.5 Å². The molecule has 0 radical (unpaired) electrons. The monoisotopic (exact) mass is 179 g/mol. The van der Waals surface area contributed by atoms with E-state index in [0.29, 0.717) is 13.0 Å². The molecule has 0 bridgehead atoms. The minimum atomic E-state index is -0.499. The molecule has 1 aromatic heterocycles. The van der Waals surface area contributed by atoms with E-state index in [1.165, 1.54) is 12.3 Å². The second-order valence-electron chi connectivity index (χ2n) is 2.67. The number of hydrogen-bond donors (Lipinski definition) is 0. The lowest BCUT2D eigenvalue weighted by Crippen LogP contribution is -2.18. The highest BCUT2D eigenvalue weighted by molar-refractivity contribution is 5.43. The van der Waals surface area contributed by atoms with Gasteiger partial charge in [-0.1, -0.05) is 0 Å². The maximum atomic E-state index is 12.6. The fourth-order valence-corrected chi connectivity index (χ4v) is 0.976. The first-order chi connectivity index (χ1) is 6.24. The Morgan fingerprint density at radius 2 is 2.46 bits per heavy atom. The van der Waals surface area contributed by atoms with Gasteiger partial charge in [0.25, 0.3) is 0 Å². The van der Waals surface area contributed by atoms with Crippen LogP contribution >= 0.6 is 0 Å². The van der Waals surface area contributed by atoms with E-state index >= 15 is 0 Å². The predicted octanol–water partition coefficient (Wildman–Crippen LogP) is 1.57. The summed E-state index contributed by atoms with van der Waals surface area (Å²) in [7, 11) is 1.81. The van der Waals surface area contributed by atoms with E-state index in [2.05, 4.69) is 4.98 Å². The largest absolute Gasteiger partial charge is 0.373 e. The molecule has 1 aromatic rings. The van der Waals surface area contributed by atoms with Crippen molar-refractivity contribution in [2.24, 2.45) is 0 Å². The summed E-state index contributed by atoms with van der Waals surface area (Å²) in [5.74, 6) is -0.499. The minimum Gasteiger partial charge on any atom is -0.373 e. The Labute approximate surface area is 76.4 Å². The summed E-state index contributed by atoms with van der Waals surface area (Å²) < 4.78 is 12.6. The van der Waals surface area contributed by atoms with E-state index in [-0.39, 0.29) is 0 Å². The average molecular weight is 179 g/mol.